The van der Waals surface area contributed by atoms with Crippen molar-refractivity contribution in [1.82, 2.24) is 10.6 Å². The molecule has 136 valence electrons. The van der Waals surface area contributed by atoms with Crippen molar-refractivity contribution < 1.29 is 8.42 Å². The van der Waals surface area contributed by atoms with Crippen LogP contribution in [0.5, 0.6) is 0 Å². The van der Waals surface area contributed by atoms with E-state index in [0.717, 1.165) is 6.42 Å². The van der Waals surface area contributed by atoms with Crippen LogP contribution in [0.3, 0.4) is 0 Å². The van der Waals surface area contributed by atoms with Gasteiger partial charge in [0.15, 0.2) is 15.8 Å². The van der Waals surface area contributed by atoms with Gasteiger partial charge in [-0.1, -0.05) is 50.8 Å². The van der Waals surface area contributed by atoms with E-state index in [1.807, 2.05) is 6.07 Å². The number of rotatable bonds is 10. The van der Waals surface area contributed by atoms with E-state index in [4.69, 9.17) is 0 Å². The Morgan fingerprint density at radius 3 is 2.50 bits per heavy atom. The second kappa shape index (κ2) is 11.1. The maximum Gasteiger partial charge on any atom is 0.191 e. The summed E-state index contributed by atoms with van der Waals surface area (Å²) in [5.41, 5.74) is 0. The van der Waals surface area contributed by atoms with Crippen molar-refractivity contribution in [2.45, 2.75) is 56.9 Å². The summed E-state index contributed by atoms with van der Waals surface area (Å²) >= 11 is 0. The van der Waals surface area contributed by atoms with Gasteiger partial charge in [-0.3, -0.25) is 4.99 Å². The normalized spacial score (nSPS) is 13.5. The maximum atomic E-state index is 12.2. The Bertz CT molecular complexity index is 586. The molecule has 5 nitrogen and oxygen atoms in total. The minimum atomic E-state index is -3.26. The smallest absolute Gasteiger partial charge is 0.191 e. The summed E-state index contributed by atoms with van der Waals surface area (Å²) in [6, 6.07) is 8.85. The lowest BCUT2D eigenvalue weighted by molar-refractivity contribution is 0.537. The molecule has 24 heavy (non-hydrogen) atoms. The van der Waals surface area contributed by atoms with E-state index in [0.29, 0.717) is 23.4 Å². The molecule has 1 rings (SSSR count). The number of unbranched alkanes of at least 4 members (excludes halogenated alkanes) is 3. The van der Waals surface area contributed by atoms with Crippen molar-refractivity contribution in [3.63, 3.8) is 0 Å². The van der Waals surface area contributed by atoms with Crippen LogP contribution in [-0.4, -0.2) is 39.8 Å². The van der Waals surface area contributed by atoms with Crippen LogP contribution < -0.4 is 10.6 Å². The molecule has 6 heteroatoms. The standard InChI is InChI=1S/C18H31N3O2S/c1-4-5-6-8-11-16(2)21-18(19-3)20-14-15-24(22,23)17-12-9-7-10-13-17/h7,9-10,12-13,16H,4-6,8,11,14-15H2,1-3H3,(H2,19,20,21). The number of sulfone groups is 1. The van der Waals surface area contributed by atoms with Gasteiger partial charge in [0.05, 0.1) is 10.6 Å². The van der Waals surface area contributed by atoms with Crippen LogP contribution in [0.4, 0.5) is 0 Å². The molecule has 0 saturated carbocycles. The minimum absolute atomic E-state index is 0.0442. The van der Waals surface area contributed by atoms with Gasteiger partial charge in [-0.25, -0.2) is 8.42 Å². The van der Waals surface area contributed by atoms with E-state index in [1.165, 1.54) is 25.7 Å². The SMILES string of the molecule is CCCCCCC(C)NC(=NC)NCCS(=O)(=O)c1ccccc1. The van der Waals surface area contributed by atoms with E-state index >= 15 is 0 Å². The van der Waals surface area contributed by atoms with Gasteiger partial charge in [0.25, 0.3) is 0 Å². The van der Waals surface area contributed by atoms with Gasteiger partial charge in [-0.2, -0.15) is 0 Å². The Morgan fingerprint density at radius 2 is 1.88 bits per heavy atom. The van der Waals surface area contributed by atoms with E-state index in [2.05, 4.69) is 29.5 Å². The minimum Gasteiger partial charge on any atom is -0.355 e. The molecule has 0 radical (unpaired) electrons. The first kappa shape index (κ1) is 20.5. The molecule has 0 saturated heterocycles. The highest BCUT2D eigenvalue weighted by atomic mass is 32.2. The lowest BCUT2D eigenvalue weighted by Gasteiger charge is -2.18. The van der Waals surface area contributed by atoms with E-state index < -0.39 is 9.84 Å². The van der Waals surface area contributed by atoms with Crippen molar-refractivity contribution >= 4 is 15.8 Å². The molecule has 0 bridgehead atoms. The van der Waals surface area contributed by atoms with E-state index in [1.54, 1.807) is 31.3 Å². The lowest BCUT2D eigenvalue weighted by atomic mass is 10.1. The monoisotopic (exact) mass is 353 g/mol. The van der Waals surface area contributed by atoms with Gasteiger partial charge in [-0.15, -0.1) is 0 Å². The molecule has 0 fully saturated rings. The fourth-order valence-corrected chi connectivity index (χ4v) is 3.61. The summed E-state index contributed by atoms with van der Waals surface area (Å²) in [6.45, 7) is 4.66. The van der Waals surface area contributed by atoms with Crippen LogP contribution in [0.1, 0.15) is 46.0 Å². The third-order valence-electron chi connectivity index (χ3n) is 3.86. The molecule has 2 N–H and O–H groups in total. The first-order chi connectivity index (χ1) is 11.5. The van der Waals surface area contributed by atoms with Crippen LogP contribution >= 0.6 is 0 Å². The predicted octanol–water partition coefficient (Wildman–Crippen LogP) is 2.98. The van der Waals surface area contributed by atoms with Gasteiger partial charge < -0.3 is 10.6 Å². The molecule has 1 aromatic carbocycles. The summed E-state index contributed by atoms with van der Waals surface area (Å²) in [5.74, 6) is 0.698. The number of hydrogen-bond donors (Lipinski definition) is 2. The predicted molar refractivity (Wildman–Crippen MR) is 101 cm³/mol. The number of aliphatic imine (C=N–C) groups is 1. The van der Waals surface area contributed by atoms with Crippen LogP contribution in [-0.2, 0) is 9.84 Å². The van der Waals surface area contributed by atoms with Gasteiger partial charge >= 0.3 is 0 Å². The average molecular weight is 354 g/mol. The third kappa shape index (κ3) is 7.81. The highest BCUT2D eigenvalue weighted by Gasteiger charge is 2.14. The summed E-state index contributed by atoms with van der Waals surface area (Å²) in [6.07, 6.45) is 6.05. The molecule has 0 spiro atoms. The molecule has 0 amide bonds. The van der Waals surface area contributed by atoms with Crippen molar-refractivity contribution in [1.29, 1.82) is 0 Å². The number of guanidine groups is 1. The van der Waals surface area contributed by atoms with Gasteiger partial charge in [0.1, 0.15) is 0 Å². The second-order valence-electron chi connectivity index (χ2n) is 6.03. The highest BCUT2D eigenvalue weighted by molar-refractivity contribution is 7.91. The van der Waals surface area contributed by atoms with Crippen LogP contribution in [0.15, 0.2) is 40.2 Å². The molecular formula is C18H31N3O2S. The van der Waals surface area contributed by atoms with Crippen LogP contribution in [0.2, 0.25) is 0 Å². The lowest BCUT2D eigenvalue weighted by Crippen LogP contribution is -2.43. The quantitative estimate of drug-likeness (QED) is 0.385. The molecule has 1 aromatic rings. The molecule has 0 aliphatic rings. The first-order valence-corrected chi connectivity index (χ1v) is 10.4. The number of hydrogen-bond acceptors (Lipinski definition) is 3. The van der Waals surface area contributed by atoms with Crippen molar-refractivity contribution in [3.8, 4) is 0 Å². The van der Waals surface area contributed by atoms with Gasteiger partial charge in [-0.05, 0) is 25.5 Å². The summed E-state index contributed by atoms with van der Waals surface area (Å²) in [7, 11) is -1.56. The van der Waals surface area contributed by atoms with Crippen molar-refractivity contribution in [2.24, 2.45) is 4.99 Å². The molecule has 0 aromatic heterocycles. The Kier molecular flexibility index (Phi) is 9.45. The van der Waals surface area contributed by atoms with Gasteiger partial charge in [0.2, 0.25) is 0 Å². The van der Waals surface area contributed by atoms with E-state index in [9.17, 15) is 8.42 Å². The Labute approximate surface area is 146 Å². The van der Waals surface area contributed by atoms with Gasteiger partial charge in [0, 0.05) is 19.6 Å². The molecule has 0 aliphatic heterocycles. The molecule has 0 aliphatic carbocycles. The third-order valence-corrected chi connectivity index (χ3v) is 5.59. The van der Waals surface area contributed by atoms with Crippen molar-refractivity contribution in [2.75, 3.05) is 19.3 Å². The molecule has 1 unspecified atom stereocenters. The Morgan fingerprint density at radius 1 is 1.17 bits per heavy atom. The number of nitrogens with zero attached hydrogens (tertiary/aromatic N) is 1. The number of benzene rings is 1. The zero-order valence-electron chi connectivity index (χ0n) is 15.1. The first-order valence-electron chi connectivity index (χ1n) is 8.74. The molecule has 0 heterocycles. The van der Waals surface area contributed by atoms with Crippen LogP contribution in [0.25, 0.3) is 0 Å². The van der Waals surface area contributed by atoms with Crippen molar-refractivity contribution in [3.05, 3.63) is 30.3 Å². The average Bonchev–Trinajstić information content (AvgIpc) is 2.58. The Hall–Kier alpha value is -1.56. The summed E-state index contributed by atoms with van der Waals surface area (Å²) in [4.78, 5) is 4.52. The summed E-state index contributed by atoms with van der Waals surface area (Å²) in [5, 5.41) is 6.40. The number of nitrogens with one attached hydrogen (secondary N) is 2. The topological polar surface area (TPSA) is 70.6 Å². The maximum absolute atomic E-state index is 12.2. The Balaban J connectivity index is 2.36. The molecule has 1 atom stereocenters. The van der Waals surface area contributed by atoms with E-state index in [-0.39, 0.29) is 5.75 Å². The fraction of sp³-hybridized carbons (Fsp3) is 0.611. The zero-order valence-corrected chi connectivity index (χ0v) is 15.9. The van der Waals surface area contributed by atoms with Crippen LogP contribution in [0, 0.1) is 0 Å². The zero-order chi connectivity index (χ0) is 17.8. The molecular weight excluding hydrogens is 322 g/mol. The summed E-state index contributed by atoms with van der Waals surface area (Å²) < 4.78 is 24.5. The largest absolute Gasteiger partial charge is 0.355 e. The second-order valence-corrected chi connectivity index (χ2v) is 8.13. The fourth-order valence-electron chi connectivity index (χ4n) is 2.43. The highest BCUT2D eigenvalue weighted by Crippen LogP contribution is 2.09.